The minimum atomic E-state index is -0.959. The lowest BCUT2D eigenvalue weighted by molar-refractivity contribution is -0.137. The van der Waals surface area contributed by atoms with Gasteiger partial charge in [-0.25, -0.2) is 4.79 Å². The number of carbonyl (C=O) groups excluding carboxylic acids is 2. The summed E-state index contributed by atoms with van der Waals surface area (Å²) in [5, 5.41) is 11.5. The van der Waals surface area contributed by atoms with Gasteiger partial charge in [-0.2, -0.15) is 0 Å². The van der Waals surface area contributed by atoms with E-state index in [4.69, 9.17) is 5.11 Å². The first-order valence-electron chi connectivity index (χ1n) is 9.51. The van der Waals surface area contributed by atoms with Crippen molar-refractivity contribution >= 4 is 29.3 Å². The molecule has 0 radical (unpaired) electrons. The van der Waals surface area contributed by atoms with Gasteiger partial charge < -0.3 is 15.3 Å². The van der Waals surface area contributed by atoms with Crippen LogP contribution in [-0.4, -0.2) is 48.6 Å². The van der Waals surface area contributed by atoms with Crippen molar-refractivity contribution in [3.05, 3.63) is 60.2 Å². The SMILES string of the molecule is CN(C)c1ccc(NC(=O)N(CCc2ccccc2)C(=O)CCCC(=O)O)cc1. The second-order valence-corrected chi connectivity index (χ2v) is 6.90. The van der Waals surface area contributed by atoms with Crippen molar-refractivity contribution in [1.82, 2.24) is 4.90 Å². The smallest absolute Gasteiger partial charge is 0.328 e. The predicted molar refractivity (Wildman–Crippen MR) is 113 cm³/mol. The number of rotatable bonds is 9. The van der Waals surface area contributed by atoms with Crippen LogP contribution in [0.25, 0.3) is 0 Å². The van der Waals surface area contributed by atoms with Gasteiger partial charge in [0.05, 0.1) is 0 Å². The highest BCUT2D eigenvalue weighted by Gasteiger charge is 2.21. The van der Waals surface area contributed by atoms with Crippen LogP contribution in [0, 0.1) is 0 Å². The average molecular weight is 397 g/mol. The van der Waals surface area contributed by atoms with Crippen LogP contribution in [0.5, 0.6) is 0 Å². The summed E-state index contributed by atoms with van der Waals surface area (Å²) in [6, 6.07) is 16.4. The van der Waals surface area contributed by atoms with Crippen LogP contribution in [0.2, 0.25) is 0 Å². The number of urea groups is 1. The maximum atomic E-state index is 12.8. The third-order valence-corrected chi connectivity index (χ3v) is 4.43. The number of aliphatic carboxylic acids is 1. The van der Waals surface area contributed by atoms with Crippen LogP contribution >= 0.6 is 0 Å². The van der Waals surface area contributed by atoms with Gasteiger partial charge in [-0.3, -0.25) is 14.5 Å². The zero-order valence-electron chi connectivity index (χ0n) is 16.8. The first-order chi connectivity index (χ1) is 13.9. The summed E-state index contributed by atoms with van der Waals surface area (Å²) in [5.41, 5.74) is 2.59. The number of hydrogen-bond acceptors (Lipinski definition) is 4. The minimum Gasteiger partial charge on any atom is -0.481 e. The van der Waals surface area contributed by atoms with Crippen molar-refractivity contribution in [1.29, 1.82) is 0 Å². The van der Waals surface area contributed by atoms with E-state index in [1.807, 2.05) is 61.5 Å². The van der Waals surface area contributed by atoms with Crippen molar-refractivity contribution in [3.63, 3.8) is 0 Å². The van der Waals surface area contributed by atoms with Gasteiger partial charge in [-0.1, -0.05) is 30.3 Å². The topological polar surface area (TPSA) is 90.0 Å². The highest BCUT2D eigenvalue weighted by molar-refractivity contribution is 6.01. The zero-order chi connectivity index (χ0) is 21.2. The molecule has 0 saturated heterocycles. The van der Waals surface area contributed by atoms with Gasteiger partial charge in [0.2, 0.25) is 5.91 Å². The number of amides is 3. The summed E-state index contributed by atoms with van der Waals surface area (Å²) in [5.74, 6) is -1.34. The molecule has 0 saturated carbocycles. The normalized spacial score (nSPS) is 10.3. The van der Waals surface area contributed by atoms with Crippen LogP contribution in [0.3, 0.4) is 0 Å². The summed E-state index contributed by atoms with van der Waals surface area (Å²) in [6.07, 6.45) is 0.624. The van der Waals surface area contributed by atoms with E-state index in [9.17, 15) is 14.4 Å². The van der Waals surface area contributed by atoms with Gasteiger partial charge in [0, 0.05) is 44.9 Å². The molecule has 29 heavy (non-hydrogen) atoms. The summed E-state index contributed by atoms with van der Waals surface area (Å²) in [7, 11) is 3.85. The monoisotopic (exact) mass is 397 g/mol. The van der Waals surface area contributed by atoms with E-state index in [-0.39, 0.29) is 31.7 Å². The number of benzene rings is 2. The van der Waals surface area contributed by atoms with Gasteiger partial charge in [0.15, 0.2) is 0 Å². The molecule has 0 aromatic heterocycles. The molecule has 0 spiro atoms. The summed E-state index contributed by atoms with van der Waals surface area (Å²) in [4.78, 5) is 39.2. The summed E-state index contributed by atoms with van der Waals surface area (Å²) in [6.45, 7) is 0.220. The van der Waals surface area contributed by atoms with Crippen molar-refractivity contribution in [2.45, 2.75) is 25.7 Å². The number of anilines is 2. The molecule has 2 N–H and O–H groups in total. The fraction of sp³-hybridized carbons (Fsp3) is 0.318. The van der Waals surface area contributed by atoms with Gasteiger partial charge >= 0.3 is 12.0 Å². The number of nitrogens with one attached hydrogen (secondary N) is 1. The molecule has 154 valence electrons. The molecule has 0 atom stereocenters. The van der Waals surface area contributed by atoms with E-state index in [0.29, 0.717) is 12.1 Å². The standard InChI is InChI=1S/C22H27N3O4/c1-24(2)19-13-11-18(12-14-19)23-22(29)25(20(26)9-6-10-21(27)28)16-15-17-7-4-3-5-8-17/h3-5,7-8,11-14H,6,9-10,15-16H2,1-2H3,(H,23,29)(H,27,28). The van der Waals surface area contributed by atoms with Crippen molar-refractivity contribution in [2.24, 2.45) is 0 Å². The third kappa shape index (κ3) is 7.29. The number of carbonyl (C=O) groups is 3. The molecule has 0 unspecified atom stereocenters. The van der Waals surface area contributed by atoms with Crippen LogP contribution < -0.4 is 10.2 Å². The number of nitrogens with zero attached hydrogens (tertiary/aromatic N) is 2. The lowest BCUT2D eigenvalue weighted by Gasteiger charge is -2.22. The Hall–Kier alpha value is -3.35. The Morgan fingerprint density at radius 2 is 1.59 bits per heavy atom. The van der Waals surface area contributed by atoms with E-state index in [2.05, 4.69) is 5.32 Å². The van der Waals surface area contributed by atoms with Crippen molar-refractivity contribution < 1.29 is 19.5 Å². The molecule has 0 aliphatic carbocycles. The molecule has 7 nitrogen and oxygen atoms in total. The molecule has 2 aromatic rings. The van der Waals surface area contributed by atoms with E-state index < -0.39 is 12.0 Å². The van der Waals surface area contributed by atoms with Crippen LogP contribution in [-0.2, 0) is 16.0 Å². The van der Waals surface area contributed by atoms with Crippen LogP contribution in [0.15, 0.2) is 54.6 Å². The maximum absolute atomic E-state index is 12.8. The molecule has 2 aromatic carbocycles. The Balaban J connectivity index is 2.05. The first kappa shape index (κ1) is 21.9. The number of carboxylic acid groups (broad SMARTS) is 1. The van der Waals surface area contributed by atoms with Gasteiger partial charge in [0.1, 0.15) is 0 Å². The molecule has 0 aliphatic heterocycles. The lowest BCUT2D eigenvalue weighted by Crippen LogP contribution is -2.41. The Morgan fingerprint density at radius 1 is 0.931 bits per heavy atom. The average Bonchev–Trinajstić information content (AvgIpc) is 2.69. The van der Waals surface area contributed by atoms with Crippen LogP contribution in [0.1, 0.15) is 24.8 Å². The highest BCUT2D eigenvalue weighted by atomic mass is 16.4. The molecular formula is C22H27N3O4. The summed E-state index contributed by atoms with van der Waals surface area (Å²) < 4.78 is 0. The third-order valence-electron chi connectivity index (χ3n) is 4.43. The number of imide groups is 1. The highest BCUT2D eigenvalue weighted by Crippen LogP contribution is 2.16. The van der Waals surface area contributed by atoms with Gasteiger partial charge in [0.25, 0.3) is 0 Å². The molecule has 0 fully saturated rings. The van der Waals surface area contributed by atoms with Gasteiger partial charge in [-0.05, 0) is 42.7 Å². The number of carboxylic acids is 1. The zero-order valence-corrected chi connectivity index (χ0v) is 16.8. The fourth-order valence-corrected chi connectivity index (χ4v) is 2.78. The minimum absolute atomic E-state index is 0.00801. The van der Waals surface area contributed by atoms with Crippen LogP contribution in [0.4, 0.5) is 16.2 Å². The predicted octanol–water partition coefficient (Wildman–Crippen LogP) is 3.61. The molecule has 0 bridgehead atoms. The van der Waals surface area contributed by atoms with E-state index >= 15 is 0 Å². The van der Waals surface area contributed by atoms with E-state index in [1.165, 1.54) is 0 Å². The largest absolute Gasteiger partial charge is 0.481 e. The van der Waals surface area contributed by atoms with Gasteiger partial charge in [-0.15, -0.1) is 0 Å². The Labute approximate surface area is 170 Å². The molecule has 7 heteroatoms. The maximum Gasteiger partial charge on any atom is 0.328 e. The first-order valence-corrected chi connectivity index (χ1v) is 9.51. The Bertz CT molecular complexity index is 820. The quantitative estimate of drug-likeness (QED) is 0.675. The second kappa shape index (κ2) is 10.8. The molecular weight excluding hydrogens is 370 g/mol. The van der Waals surface area contributed by atoms with Crippen molar-refractivity contribution in [3.8, 4) is 0 Å². The molecule has 0 heterocycles. The Kier molecular flexibility index (Phi) is 8.21. The molecule has 0 aliphatic rings. The summed E-state index contributed by atoms with van der Waals surface area (Å²) >= 11 is 0. The fourth-order valence-electron chi connectivity index (χ4n) is 2.78. The van der Waals surface area contributed by atoms with Crippen molar-refractivity contribution in [2.75, 3.05) is 30.9 Å². The van der Waals surface area contributed by atoms with E-state index in [1.54, 1.807) is 12.1 Å². The number of hydrogen-bond donors (Lipinski definition) is 2. The molecule has 3 amide bonds. The second-order valence-electron chi connectivity index (χ2n) is 6.90. The molecule has 2 rings (SSSR count). The Morgan fingerprint density at radius 3 is 2.17 bits per heavy atom. The van der Waals surface area contributed by atoms with E-state index in [0.717, 1.165) is 16.2 Å². The lowest BCUT2D eigenvalue weighted by atomic mass is 10.1.